The van der Waals surface area contributed by atoms with Gasteiger partial charge in [-0.15, -0.1) is 0 Å². The molecular formula is C22H26O4. The molecule has 1 fully saturated rings. The van der Waals surface area contributed by atoms with E-state index in [0.29, 0.717) is 17.6 Å². The van der Waals surface area contributed by atoms with Crippen LogP contribution in [0.25, 0.3) is 5.57 Å². The third-order valence-electron chi connectivity index (χ3n) is 6.65. The Hall–Kier alpha value is -2.10. The van der Waals surface area contributed by atoms with Crippen molar-refractivity contribution in [2.45, 2.75) is 59.0 Å². The number of hydrogen-bond donors (Lipinski definition) is 0. The lowest BCUT2D eigenvalue weighted by molar-refractivity contribution is -0.152. The average molecular weight is 354 g/mol. The van der Waals surface area contributed by atoms with Crippen molar-refractivity contribution in [3.8, 4) is 5.75 Å². The lowest BCUT2D eigenvalue weighted by Crippen LogP contribution is -2.41. The molecule has 0 aromatic heterocycles. The van der Waals surface area contributed by atoms with E-state index < -0.39 is 0 Å². The van der Waals surface area contributed by atoms with Crippen LogP contribution in [0.15, 0.2) is 24.3 Å². The molecule has 0 unspecified atom stereocenters. The molecule has 4 nitrogen and oxygen atoms in total. The SMILES string of the molecule is CC(=O)Oc1ccc2c(c1)CC[C@H]1C2=CC[C@]2(C)[C@@H](OC(C)=O)CC[C@H]12. The summed E-state index contributed by atoms with van der Waals surface area (Å²) in [5.41, 5.74) is 4.06. The Balaban J connectivity index is 1.65. The highest BCUT2D eigenvalue weighted by atomic mass is 16.5. The van der Waals surface area contributed by atoms with E-state index in [1.165, 1.54) is 30.5 Å². The van der Waals surface area contributed by atoms with E-state index in [1.807, 2.05) is 12.1 Å². The first-order valence-corrected chi connectivity index (χ1v) is 9.57. The normalized spacial score (nSPS) is 32.0. The van der Waals surface area contributed by atoms with Gasteiger partial charge in [0.1, 0.15) is 11.9 Å². The Kier molecular flexibility index (Phi) is 4.17. The third-order valence-corrected chi connectivity index (χ3v) is 6.65. The minimum Gasteiger partial charge on any atom is -0.462 e. The van der Waals surface area contributed by atoms with Gasteiger partial charge >= 0.3 is 11.9 Å². The molecule has 4 atom stereocenters. The second-order valence-electron chi connectivity index (χ2n) is 8.21. The fraction of sp³-hybridized carbons (Fsp3) is 0.545. The number of benzene rings is 1. The monoisotopic (exact) mass is 354 g/mol. The van der Waals surface area contributed by atoms with Gasteiger partial charge in [-0.2, -0.15) is 0 Å². The first kappa shape index (κ1) is 17.3. The van der Waals surface area contributed by atoms with E-state index in [4.69, 9.17) is 9.47 Å². The van der Waals surface area contributed by atoms with Gasteiger partial charge in [0, 0.05) is 19.3 Å². The first-order valence-electron chi connectivity index (χ1n) is 9.57. The third kappa shape index (κ3) is 2.76. The largest absolute Gasteiger partial charge is 0.462 e. The fourth-order valence-corrected chi connectivity index (χ4v) is 5.53. The summed E-state index contributed by atoms with van der Waals surface area (Å²) in [5.74, 6) is 1.27. The van der Waals surface area contributed by atoms with Crippen molar-refractivity contribution in [3.63, 3.8) is 0 Å². The quantitative estimate of drug-likeness (QED) is 0.587. The highest BCUT2D eigenvalue weighted by Gasteiger charge is 2.53. The summed E-state index contributed by atoms with van der Waals surface area (Å²) in [6, 6.07) is 6.01. The Bertz CT molecular complexity index is 793. The molecule has 4 rings (SSSR count). The molecule has 0 spiro atoms. The Morgan fingerprint density at radius 2 is 1.92 bits per heavy atom. The smallest absolute Gasteiger partial charge is 0.308 e. The highest BCUT2D eigenvalue weighted by molar-refractivity contribution is 5.75. The maximum absolute atomic E-state index is 11.5. The minimum absolute atomic E-state index is 0.0375. The predicted molar refractivity (Wildman–Crippen MR) is 98.5 cm³/mol. The molecule has 1 aromatic rings. The molecule has 0 N–H and O–H groups in total. The van der Waals surface area contributed by atoms with Gasteiger partial charge in [-0.3, -0.25) is 9.59 Å². The maximum atomic E-state index is 11.5. The molecule has 0 bridgehead atoms. The summed E-state index contributed by atoms with van der Waals surface area (Å²) < 4.78 is 10.9. The van der Waals surface area contributed by atoms with Crippen LogP contribution in [0.1, 0.15) is 57.6 Å². The maximum Gasteiger partial charge on any atom is 0.308 e. The number of esters is 2. The van der Waals surface area contributed by atoms with E-state index in [9.17, 15) is 9.59 Å². The van der Waals surface area contributed by atoms with Crippen LogP contribution >= 0.6 is 0 Å². The van der Waals surface area contributed by atoms with Gasteiger partial charge in [0.05, 0.1) is 0 Å². The van der Waals surface area contributed by atoms with E-state index in [2.05, 4.69) is 19.1 Å². The van der Waals surface area contributed by atoms with Crippen LogP contribution < -0.4 is 4.74 Å². The summed E-state index contributed by atoms with van der Waals surface area (Å²) in [6.07, 6.45) is 7.55. The molecule has 1 saturated carbocycles. The number of fused-ring (bicyclic) bond motifs is 5. The van der Waals surface area contributed by atoms with E-state index >= 15 is 0 Å². The summed E-state index contributed by atoms with van der Waals surface area (Å²) in [4.78, 5) is 22.7. The number of carbonyl (C=O) groups is 2. The number of carbonyl (C=O) groups excluding carboxylic acids is 2. The summed E-state index contributed by atoms with van der Waals surface area (Å²) in [5, 5.41) is 0. The van der Waals surface area contributed by atoms with Crippen LogP contribution in [-0.4, -0.2) is 18.0 Å². The average Bonchev–Trinajstić information content (AvgIpc) is 2.90. The van der Waals surface area contributed by atoms with Crippen LogP contribution in [0.3, 0.4) is 0 Å². The molecule has 26 heavy (non-hydrogen) atoms. The number of ether oxygens (including phenoxy) is 2. The van der Waals surface area contributed by atoms with E-state index in [-0.39, 0.29) is 23.5 Å². The van der Waals surface area contributed by atoms with Gasteiger partial charge < -0.3 is 9.47 Å². The molecule has 3 aliphatic carbocycles. The molecule has 0 saturated heterocycles. The lowest BCUT2D eigenvalue weighted by Gasteiger charge is -2.46. The second kappa shape index (κ2) is 6.26. The van der Waals surface area contributed by atoms with Crippen LogP contribution in [-0.2, 0) is 20.7 Å². The topological polar surface area (TPSA) is 52.6 Å². The van der Waals surface area contributed by atoms with Crippen LogP contribution in [0.4, 0.5) is 0 Å². The number of hydrogen-bond acceptors (Lipinski definition) is 4. The van der Waals surface area contributed by atoms with E-state index in [0.717, 1.165) is 32.1 Å². The minimum atomic E-state index is -0.284. The second-order valence-corrected chi connectivity index (χ2v) is 8.21. The number of allylic oxidation sites excluding steroid dienone is 2. The molecule has 1 aromatic carbocycles. The molecule has 4 heteroatoms. The van der Waals surface area contributed by atoms with E-state index in [1.54, 1.807) is 0 Å². The zero-order valence-corrected chi connectivity index (χ0v) is 15.7. The molecule has 0 aliphatic heterocycles. The summed E-state index contributed by atoms with van der Waals surface area (Å²) in [6.45, 7) is 5.24. The van der Waals surface area contributed by atoms with Gasteiger partial charge in [0.15, 0.2) is 0 Å². The Morgan fingerprint density at radius 1 is 1.12 bits per heavy atom. The van der Waals surface area contributed by atoms with Crippen molar-refractivity contribution in [3.05, 3.63) is 35.4 Å². The number of rotatable bonds is 2. The Labute approximate surface area is 154 Å². The van der Waals surface area contributed by atoms with Crippen molar-refractivity contribution in [2.24, 2.45) is 17.3 Å². The Morgan fingerprint density at radius 3 is 2.65 bits per heavy atom. The van der Waals surface area contributed by atoms with Crippen molar-refractivity contribution in [1.82, 2.24) is 0 Å². The molecule has 0 amide bonds. The van der Waals surface area contributed by atoms with Gasteiger partial charge in [-0.25, -0.2) is 0 Å². The van der Waals surface area contributed by atoms with Crippen molar-refractivity contribution in [2.75, 3.05) is 0 Å². The zero-order chi connectivity index (χ0) is 18.5. The summed E-state index contributed by atoms with van der Waals surface area (Å²) >= 11 is 0. The predicted octanol–water partition coefficient (Wildman–Crippen LogP) is 4.31. The molecule has 3 aliphatic rings. The fourth-order valence-electron chi connectivity index (χ4n) is 5.53. The number of aryl methyl sites for hydroxylation is 1. The summed E-state index contributed by atoms with van der Waals surface area (Å²) in [7, 11) is 0. The van der Waals surface area contributed by atoms with Crippen molar-refractivity contribution < 1.29 is 19.1 Å². The van der Waals surface area contributed by atoms with Gasteiger partial charge in [-0.05, 0) is 72.8 Å². The molecular weight excluding hydrogens is 328 g/mol. The van der Waals surface area contributed by atoms with Crippen LogP contribution in [0.5, 0.6) is 5.75 Å². The molecule has 0 heterocycles. The molecule has 0 radical (unpaired) electrons. The molecule has 138 valence electrons. The van der Waals surface area contributed by atoms with Gasteiger partial charge in [-0.1, -0.05) is 19.1 Å². The van der Waals surface area contributed by atoms with Crippen LogP contribution in [0.2, 0.25) is 0 Å². The lowest BCUT2D eigenvalue weighted by atomic mass is 9.60. The van der Waals surface area contributed by atoms with Crippen molar-refractivity contribution in [1.29, 1.82) is 0 Å². The van der Waals surface area contributed by atoms with Crippen molar-refractivity contribution >= 4 is 17.5 Å². The highest BCUT2D eigenvalue weighted by Crippen LogP contribution is 2.59. The zero-order valence-electron chi connectivity index (χ0n) is 15.7. The standard InChI is InChI=1S/C22H26O4/c1-13(23)25-16-5-7-17-15(12-16)4-6-19-18(17)10-11-22(3)20(19)8-9-21(22)26-14(2)24/h5,7,10,12,19-21H,4,6,8-9,11H2,1-3H3/t19-,20+,21-,22-/m0/s1. The van der Waals surface area contributed by atoms with Gasteiger partial charge in [0.2, 0.25) is 0 Å². The van der Waals surface area contributed by atoms with Crippen LogP contribution in [0, 0.1) is 17.3 Å². The first-order chi connectivity index (χ1) is 12.4. The van der Waals surface area contributed by atoms with Gasteiger partial charge in [0.25, 0.3) is 0 Å².